The maximum absolute atomic E-state index is 12.6. The number of carbonyl (C=O) groups is 1. The zero-order chi connectivity index (χ0) is 11.6. The van der Waals surface area contributed by atoms with Crippen molar-refractivity contribution < 1.29 is 17.1 Å². The Labute approximate surface area is 94.8 Å². The average Bonchev–Trinajstić information content (AvgIpc) is 2.05. The lowest BCUT2D eigenvalue weighted by atomic mass is 10.3. The molecule has 1 aromatic rings. The first kappa shape index (κ1) is 12.1. The van der Waals surface area contributed by atoms with E-state index in [0.29, 0.717) is 10.2 Å². The summed E-state index contributed by atoms with van der Waals surface area (Å²) in [6.07, 6.45) is 0. The Morgan fingerprint density at radius 1 is 1.47 bits per heavy atom. The molecule has 0 aliphatic rings. The van der Waals surface area contributed by atoms with Crippen LogP contribution in [-0.2, 0) is 15.0 Å². The van der Waals surface area contributed by atoms with E-state index in [4.69, 9.17) is 0 Å². The van der Waals surface area contributed by atoms with Crippen molar-refractivity contribution in [3.63, 3.8) is 0 Å². The van der Waals surface area contributed by atoms with Gasteiger partial charge >= 0.3 is 10.2 Å². The highest BCUT2D eigenvalue weighted by Crippen LogP contribution is 2.26. The molecular formula is C8H7BrFNO3S. The molecule has 0 fully saturated rings. The van der Waals surface area contributed by atoms with Crippen molar-refractivity contribution in [2.24, 2.45) is 0 Å². The number of hydrogen-bond acceptors (Lipinski definition) is 3. The molecule has 0 spiro atoms. The summed E-state index contributed by atoms with van der Waals surface area (Å²) in [5, 5.41) is 2.45. The standard InChI is InChI=1S/C8H7BrFNO3S/c1-5(12)11-8-3-2-6(4-7(8)9)15(10,13)14/h2-4H,1H3,(H,11,12). The molecule has 82 valence electrons. The van der Waals surface area contributed by atoms with Crippen molar-refractivity contribution in [2.75, 3.05) is 5.32 Å². The summed E-state index contributed by atoms with van der Waals surface area (Å²) in [5.41, 5.74) is 0.384. The molecule has 0 aliphatic carbocycles. The van der Waals surface area contributed by atoms with Gasteiger partial charge in [0, 0.05) is 11.4 Å². The Kier molecular flexibility index (Phi) is 3.46. The van der Waals surface area contributed by atoms with Crippen molar-refractivity contribution in [1.29, 1.82) is 0 Å². The van der Waals surface area contributed by atoms with Gasteiger partial charge < -0.3 is 5.32 Å². The lowest BCUT2D eigenvalue weighted by Crippen LogP contribution is -2.06. The molecule has 0 atom stereocenters. The van der Waals surface area contributed by atoms with Gasteiger partial charge in [0.15, 0.2) is 0 Å². The number of benzene rings is 1. The molecule has 0 bridgehead atoms. The summed E-state index contributed by atoms with van der Waals surface area (Å²) in [7, 11) is -4.71. The van der Waals surface area contributed by atoms with Gasteiger partial charge in [-0.15, -0.1) is 3.89 Å². The number of hydrogen-bond donors (Lipinski definition) is 1. The molecule has 0 unspecified atom stereocenters. The third-order valence-corrected chi connectivity index (χ3v) is 3.01. The lowest BCUT2D eigenvalue weighted by Gasteiger charge is -2.05. The molecule has 1 N–H and O–H groups in total. The number of halogens is 2. The van der Waals surface area contributed by atoms with Gasteiger partial charge in [0.25, 0.3) is 0 Å². The van der Waals surface area contributed by atoms with Crippen LogP contribution >= 0.6 is 15.9 Å². The highest BCUT2D eigenvalue weighted by Gasteiger charge is 2.13. The molecule has 0 saturated carbocycles. The van der Waals surface area contributed by atoms with Crippen LogP contribution in [-0.4, -0.2) is 14.3 Å². The number of rotatable bonds is 2. The molecule has 0 radical (unpaired) electrons. The normalized spacial score (nSPS) is 11.1. The Morgan fingerprint density at radius 2 is 2.07 bits per heavy atom. The molecule has 15 heavy (non-hydrogen) atoms. The maximum atomic E-state index is 12.6. The molecule has 1 rings (SSSR count). The quantitative estimate of drug-likeness (QED) is 0.850. The molecule has 0 aliphatic heterocycles. The number of anilines is 1. The van der Waals surface area contributed by atoms with Crippen LogP contribution in [0.2, 0.25) is 0 Å². The summed E-state index contributed by atoms with van der Waals surface area (Å²) >= 11 is 3.02. The number of carbonyl (C=O) groups excluding carboxylic acids is 1. The maximum Gasteiger partial charge on any atom is 0.332 e. The fraction of sp³-hybridized carbons (Fsp3) is 0.125. The minimum Gasteiger partial charge on any atom is -0.325 e. The SMILES string of the molecule is CC(=O)Nc1ccc(S(=O)(=O)F)cc1Br. The van der Waals surface area contributed by atoms with E-state index >= 15 is 0 Å². The monoisotopic (exact) mass is 295 g/mol. The predicted octanol–water partition coefficient (Wildman–Crippen LogP) is 2.07. The highest BCUT2D eigenvalue weighted by molar-refractivity contribution is 9.10. The first-order chi connectivity index (χ1) is 6.80. The molecule has 0 heterocycles. The van der Waals surface area contributed by atoms with Gasteiger partial charge in [-0.3, -0.25) is 4.79 Å². The van der Waals surface area contributed by atoms with E-state index in [1.54, 1.807) is 0 Å². The van der Waals surface area contributed by atoms with Crippen LogP contribution in [0.4, 0.5) is 9.57 Å². The summed E-state index contributed by atoms with van der Waals surface area (Å²) in [4.78, 5) is 10.3. The summed E-state index contributed by atoms with van der Waals surface area (Å²) < 4.78 is 33.9. The van der Waals surface area contributed by atoms with Crippen molar-refractivity contribution >= 4 is 37.7 Å². The smallest absolute Gasteiger partial charge is 0.325 e. The Hall–Kier alpha value is -0.950. The largest absolute Gasteiger partial charge is 0.332 e. The van der Waals surface area contributed by atoms with Gasteiger partial charge in [-0.25, -0.2) is 0 Å². The van der Waals surface area contributed by atoms with Crippen LogP contribution < -0.4 is 5.32 Å². The molecule has 0 aromatic heterocycles. The molecule has 0 saturated heterocycles. The highest BCUT2D eigenvalue weighted by atomic mass is 79.9. The van der Waals surface area contributed by atoms with E-state index in [1.807, 2.05) is 0 Å². The third kappa shape index (κ3) is 3.28. The van der Waals surface area contributed by atoms with Crippen molar-refractivity contribution in [3.05, 3.63) is 22.7 Å². The minimum absolute atomic E-state index is 0.299. The number of nitrogens with one attached hydrogen (secondary N) is 1. The van der Waals surface area contributed by atoms with E-state index in [9.17, 15) is 17.1 Å². The second-order valence-electron chi connectivity index (χ2n) is 2.76. The van der Waals surface area contributed by atoms with Crippen LogP contribution in [0.5, 0.6) is 0 Å². The topological polar surface area (TPSA) is 63.2 Å². The molecule has 1 aromatic carbocycles. The Bertz CT molecular complexity index is 501. The molecular weight excluding hydrogens is 289 g/mol. The molecule has 1 amide bonds. The van der Waals surface area contributed by atoms with Gasteiger partial charge in [-0.1, -0.05) is 0 Å². The van der Waals surface area contributed by atoms with Crippen molar-refractivity contribution in [1.82, 2.24) is 0 Å². The molecule has 7 heteroatoms. The van der Waals surface area contributed by atoms with E-state index in [1.165, 1.54) is 13.0 Å². The first-order valence-corrected chi connectivity index (χ1v) is 6.00. The Balaban J connectivity index is 3.15. The van der Waals surface area contributed by atoms with Crippen LogP contribution in [0.25, 0.3) is 0 Å². The van der Waals surface area contributed by atoms with E-state index < -0.39 is 15.1 Å². The van der Waals surface area contributed by atoms with Crippen molar-refractivity contribution in [2.45, 2.75) is 11.8 Å². The van der Waals surface area contributed by atoms with Gasteiger partial charge in [-0.05, 0) is 34.1 Å². The summed E-state index contributed by atoms with van der Waals surface area (Å²) in [6, 6.07) is 3.46. The van der Waals surface area contributed by atoms with Gasteiger partial charge in [-0.2, -0.15) is 8.42 Å². The zero-order valence-corrected chi connectivity index (χ0v) is 10.0. The Morgan fingerprint density at radius 3 is 2.47 bits per heavy atom. The van der Waals surface area contributed by atoms with Crippen LogP contribution in [0.15, 0.2) is 27.6 Å². The van der Waals surface area contributed by atoms with Gasteiger partial charge in [0.1, 0.15) is 0 Å². The van der Waals surface area contributed by atoms with E-state index in [0.717, 1.165) is 12.1 Å². The minimum atomic E-state index is -4.71. The summed E-state index contributed by atoms with van der Waals surface area (Å²) in [5.74, 6) is -0.299. The second kappa shape index (κ2) is 4.28. The lowest BCUT2D eigenvalue weighted by molar-refractivity contribution is -0.114. The van der Waals surface area contributed by atoms with Crippen LogP contribution in [0, 0.1) is 0 Å². The second-order valence-corrected chi connectivity index (χ2v) is 4.96. The first-order valence-electron chi connectivity index (χ1n) is 3.82. The number of amides is 1. The average molecular weight is 296 g/mol. The fourth-order valence-electron chi connectivity index (χ4n) is 0.939. The van der Waals surface area contributed by atoms with Crippen molar-refractivity contribution in [3.8, 4) is 0 Å². The molecule has 4 nitrogen and oxygen atoms in total. The van der Waals surface area contributed by atoms with Crippen LogP contribution in [0.3, 0.4) is 0 Å². The third-order valence-electron chi connectivity index (χ3n) is 1.53. The van der Waals surface area contributed by atoms with Gasteiger partial charge in [0.2, 0.25) is 5.91 Å². The van der Waals surface area contributed by atoms with Crippen LogP contribution in [0.1, 0.15) is 6.92 Å². The summed E-state index contributed by atoms with van der Waals surface area (Å²) in [6.45, 7) is 1.31. The van der Waals surface area contributed by atoms with Gasteiger partial charge in [0.05, 0.1) is 10.6 Å². The fourth-order valence-corrected chi connectivity index (χ4v) is 2.06. The zero-order valence-electron chi connectivity index (χ0n) is 7.62. The predicted molar refractivity (Wildman–Crippen MR) is 56.7 cm³/mol. The van der Waals surface area contributed by atoms with E-state index in [-0.39, 0.29) is 5.91 Å². The van der Waals surface area contributed by atoms with E-state index in [2.05, 4.69) is 21.2 Å².